The summed E-state index contributed by atoms with van der Waals surface area (Å²) in [6, 6.07) is 5.79. The lowest BCUT2D eigenvalue weighted by Crippen LogP contribution is -2.41. The van der Waals surface area contributed by atoms with Gasteiger partial charge in [0, 0.05) is 39.9 Å². The normalized spacial score (nSPS) is 20.9. The van der Waals surface area contributed by atoms with Gasteiger partial charge in [-0.3, -0.25) is 9.69 Å². The first-order chi connectivity index (χ1) is 15.8. The van der Waals surface area contributed by atoms with E-state index in [-0.39, 0.29) is 12.1 Å². The van der Waals surface area contributed by atoms with Gasteiger partial charge in [-0.25, -0.2) is 20.3 Å². The maximum absolute atomic E-state index is 13.5. The minimum atomic E-state index is -0.261. The van der Waals surface area contributed by atoms with Crippen molar-refractivity contribution in [3.63, 3.8) is 0 Å². The maximum atomic E-state index is 13.5. The first-order valence-electron chi connectivity index (χ1n) is 11.4. The Bertz CT molecular complexity index is 1050. The third kappa shape index (κ3) is 5.37. The van der Waals surface area contributed by atoms with Crippen LogP contribution in [-0.2, 0) is 9.63 Å². The van der Waals surface area contributed by atoms with Crippen molar-refractivity contribution >= 4 is 34.8 Å². The Balaban J connectivity index is 1.97. The fourth-order valence-corrected chi connectivity index (χ4v) is 4.06. The van der Waals surface area contributed by atoms with Gasteiger partial charge in [-0.05, 0) is 45.8 Å². The van der Waals surface area contributed by atoms with Gasteiger partial charge in [0.05, 0.1) is 0 Å². The molecule has 0 saturated carbocycles. The van der Waals surface area contributed by atoms with Gasteiger partial charge in [0.1, 0.15) is 11.7 Å². The molecule has 0 aromatic heterocycles. The summed E-state index contributed by atoms with van der Waals surface area (Å²) < 4.78 is 0. The number of nitrogens with zero attached hydrogens (tertiary/aromatic N) is 3. The number of hydrogen-bond donors (Lipinski definition) is 2. The zero-order valence-electron chi connectivity index (χ0n) is 19.9. The molecule has 1 unspecified atom stereocenters. The highest BCUT2D eigenvalue weighted by atomic mass is 35.5. The number of benzene rings is 1. The van der Waals surface area contributed by atoms with Crippen LogP contribution in [0.25, 0.3) is 5.57 Å². The summed E-state index contributed by atoms with van der Waals surface area (Å²) in [6.07, 6.45) is 5.46. The van der Waals surface area contributed by atoms with E-state index in [1.165, 1.54) is 0 Å². The summed E-state index contributed by atoms with van der Waals surface area (Å²) >= 11 is 6.63. The Morgan fingerprint density at radius 3 is 2.67 bits per heavy atom. The summed E-state index contributed by atoms with van der Waals surface area (Å²) in [5.41, 5.74) is 5.60. The minimum Gasteiger partial charge on any atom is -0.368 e. The number of carbonyl (C=O) groups excluding carboxylic acids is 1. The van der Waals surface area contributed by atoms with Gasteiger partial charge in [-0.15, -0.1) is 0 Å². The second-order valence-corrected chi connectivity index (χ2v) is 8.29. The first-order valence-corrected chi connectivity index (χ1v) is 11.7. The minimum absolute atomic E-state index is 0.153. The van der Waals surface area contributed by atoms with Crippen molar-refractivity contribution in [2.24, 2.45) is 9.98 Å². The van der Waals surface area contributed by atoms with E-state index < -0.39 is 0 Å². The Labute approximate surface area is 200 Å². The molecule has 0 bridgehead atoms. The Morgan fingerprint density at radius 2 is 2.12 bits per heavy atom. The topological polar surface area (TPSA) is 78.3 Å². The molecule has 176 valence electrons. The number of halogens is 1. The number of hydroxylamine groups is 1. The smallest absolute Gasteiger partial charge is 0.260 e. The van der Waals surface area contributed by atoms with Crippen LogP contribution >= 0.6 is 11.6 Å². The highest BCUT2D eigenvalue weighted by Gasteiger charge is 2.31. The van der Waals surface area contributed by atoms with Gasteiger partial charge in [-0.1, -0.05) is 50.2 Å². The van der Waals surface area contributed by atoms with Crippen molar-refractivity contribution in [3.05, 3.63) is 64.5 Å². The lowest BCUT2D eigenvalue weighted by molar-refractivity contribution is -0.121. The molecule has 0 radical (unpaired) electrons. The van der Waals surface area contributed by atoms with E-state index in [1.54, 1.807) is 11.0 Å². The predicted octanol–water partition coefficient (Wildman–Crippen LogP) is 4.81. The number of amidine groups is 2. The van der Waals surface area contributed by atoms with E-state index in [9.17, 15) is 4.79 Å². The Kier molecular flexibility index (Phi) is 8.10. The summed E-state index contributed by atoms with van der Waals surface area (Å²) in [4.78, 5) is 29.4. The van der Waals surface area contributed by atoms with Crippen LogP contribution in [-0.4, -0.2) is 41.3 Å². The zero-order chi connectivity index (χ0) is 24.1. The van der Waals surface area contributed by atoms with Gasteiger partial charge in [-0.2, -0.15) is 0 Å². The third-order valence-corrected chi connectivity index (χ3v) is 6.00. The maximum Gasteiger partial charge on any atom is 0.260 e. The van der Waals surface area contributed by atoms with Crippen molar-refractivity contribution in [2.75, 3.05) is 6.54 Å². The average Bonchev–Trinajstić information content (AvgIpc) is 3.24. The van der Waals surface area contributed by atoms with E-state index in [1.807, 2.05) is 45.1 Å². The van der Waals surface area contributed by atoms with Crippen LogP contribution in [0.2, 0.25) is 5.02 Å². The molecule has 2 heterocycles. The molecule has 1 atom stereocenters. The van der Waals surface area contributed by atoms with Crippen LogP contribution in [0.15, 0.2) is 58.3 Å². The van der Waals surface area contributed by atoms with E-state index >= 15 is 0 Å². The molecule has 1 aromatic carbocycles. The lowest BCUT2D eigenvalue weighted by atomic mass is 9.95. The summed E-state index contributed by atoms with van der Waals surface area (Å²) in [5.74, 6) is 1.59. The largest absolute Gasteiger partial charge is 0.368 e. The molecule has 8 heteroatoms. The lowest BCUT2D eigenvalue weighted by Gasteiger charge is -2.30. The van der Waals surface area contributed by atoms with Gasteiger partial charge >= 0.3 is 0 Å². The Morgan fingerprint density at radius 1 is 1.39 bits per heavy atom. The van der Waals surface area contributed by atoms with Crippen LogP contribution < -0.4 is 10.8 Å². The molecule has 2 N–H and O–H groups in total. The summed E-state index contributed by atoms with van der Waals surface area (Å²) in [6.45, 7) is 14.5. The number of hydrogen-bond acceptors (Lipinski definition) is 6. The highest BCUT2D eigenvalue weighted by Crippen LogP contribution is 2.32. The number of aliphatic imine (C=N–C) groups is 2. The molecule has 0 spiro atoms. The zero-order valence-corrected chi connectivity index (χ0v) is 20.7. The van der Waals surface area contributed by atoms with Crippen LogP contribution in [0.1, 0.15) is 58.6 Å². The van der Waals surface area contributed by atoms with Crippen molar-refractivity contribution in [3.8, 4) is 0 Å². The molecule has 2 aliphatic heterocycles. The van der Waals surface area contributed by atoms with Gasteiger partial charge in [0.15, 0.2) is 12.1 Å². The summed E-state index contributed by atoms with van der Waals surface area (Å²) in [5, 5.41) is 3.80. The molecule has 0 fully saturated rings. The molecule has 3 rings (SSSR count). The fraction of sp³-hybridized carbons (Fsp3) is 0.400. The molecule has 1 amide bonds. The van der Waals surface area contributed by atoms with Crippen molar-refractivity contribution in [1.82, 2.24) is 15.7 Å². The number of allylic oxidation sites excluding steroid dienone is 1. The quantitative estimate of drug-likeness (QED) is 0.572. The number of carbonyl (C=O) groups is 1. The number of likely N-dealkylation sites (N-methyl/N-ethyl adjacent to an activating group) is 1. The SMILES string of the molecule is C=C(/N=C1\C(=C/C)C=C(c2ccc(C3=NC(C)ON3)cc2Cl)C(=O)N1CC)NC(CC)CC. The molecular weight excluding hydrogens is 438 g/mol. The molecular formula is C25H32ClN5O2. The van der Waals surface area contributed by atoms with Crippen molar-refractivity contribution < 1.29 is 9.63 Å². The van der Waals surface area contributed by atoms with Gasteiger partial charge in [0.2, 0.25) is 0 Å². The second kappa shape index (κ2) is 10.8. The highest BCUT2D eigenvalue weighted by molar-refractivity contribution is 6.37. The Hall–Kier alpha value is -2.90. The van der Waals surface area contributed by atoms with Gasteiger partial charge < -0.3 is 5.32 Å². The first kappa shape index (κ1) is 24.7. The molecule has 33 heavy (non-hydrogen) atoms. The van der Waals surface area contributed by atoms with Crippen LogP contribution in [0.5, 0.6) is 0 Å². The van der Waals surface area contributed by atoms with Crippen LogP contribution in [0.3, 0.4) is 0 Å². The van der Waals surface area contributed by atoms with Gasteiger partial charge in [0.25, 0.3) is 5.91 Å². The standard InChI is InChI=1S/C25H32ClN5O2/c1-7-17-13-21(20-12-11-18(14-22(20)26)23-29-16(6)33-30-23)25(32)31(10-4)24(17)28-15(5)27-19(8-2)9-3/h7,11-14,16,19,27H,5,8-10H2,1-4,6H3,(H,29,30)/b17-7-,28-24+. The van der Waals surface area contributed by atoms with Crippen LogP contribution in [0, 0.1) is 0 Å². The fourth-order valence-electron chi connectivity index (χ4n) is 3.78. The molecule has 0 aliphatic carbocycles. The number of rotatable bonds is 8. The third-order valence-electron chi connectivity index (χ3n) is 5.68. The monoisotopic (exact) mass is 469 g/mol. The van der Waals surface area contributed by atoms with Crippen molar-refractivity contribution in [1.29, 1.82) is 0 Å². The molecule has 1 aromatic rings. The van der Waals surface area contributed by atoms with E-state index in [0.29, 0.717) is 46.2 Å². The second-order valence-electron chi connectivity index (χ2n) is 7.88. The average molecular weight is 470 g/mol. The van der Waals surface area contributed by atoms with E-state index in [2.05, 4.69) is 41.2 Å². The van der Waals surface area contributed by atoms with Crippen LogP contribution in [0.4, 0.5) is 0 Å². The number of amides is 1. The summed E-state index contributed by atoms with van der Waals surface area (Å²) in [7, 11) is 0. The molecule has 7 nitrogen and oxygen atoms in total. The molecule has 0 saturated heterocycles. The van der Waals surface area contributed by atoms with Crippen molar-refractivity contribution in [2.45, 2.75) is 59.7 Å². The van der Waals surface area contributed by atoms with E-state index in [0.717, 1.165) is 24.0 Å². The predicted molar refractivity (Wildman–Crippen MR) is 135 cm³/mol. The number of nitrogens with one attached hydrogen (secondary N) is 2. The molecule has 2 aliphatic rings. The van der Waals surface area contributed by atoms with E-state index in [4.69, 9.17) is 16.4 Å².